The van der Waals surface area contributed by atoms with Crippen molar-refractivity contribution in [1.82, 2.24) is 0 Å². The van der Waals surface area contributed by atoms with Crippen molar-refractivity contribution in [2.24, 2.45) is 16.7 Å². The molecule has 0 radical (unpaired) electrons. The third-order valence-electron chi connectivity index (χ3n) is 7.07. The van der Waals surface area contributed by atoms with Crippen molar-refractivity contribution in [2.45, 2.75) is 57.0 Å². The van der Waals surface area contributed by atoms with Crippen molar-refractivity contribution < 1.29 is 19.0 Å². The zero-order chi connectivity index (χ0) is 16.2. The molecular formula is C17H23BrO4. The Bertz CT molecular complexity index is 601. The van der Waals surface area contributed by atoms with E-state index in [0.29, 0.717) is 5.92 Å². The lowest BCUT2D eigenvalue weighted by atomic mass is 9.52. The second-order valence-corrected chi connectivity index (χ2v) is 8.73. The van der Waals surface area contributed by atoms with Gasteiger partial charge in [0.1, 0.15) is 6.10 Å². The van der Waals surface area contributed by atoms with E-state index in [4.69, 9.17) is 14.2 Å². The van der Waals surface area contributed by atoms with E-state index in [-0.39, 0.29) is 23.1 Å². The van der Waals surface area contributed by atoms with Gasteiger partial charge in [-0.3, -0.25) is 0 Å². The average molecular weight is 371 g/mol. The molecule has 2 aliphatic heterocycles. The van der Waals surface area contributed by atoms with Crippen molar-refractivity contribution in [3.05, 3.63) is 12.2 Å². The molecule has 2 bridgehead atoms. The fraction of sp³-hybridized carbons (Fsp3) is 0.824. The number of esters is 1. The van der Waals surface area contributed by atoms with E-state index in [1.807, 2.05) is 0 Å². The number of carbonyl (C=O) groups is 1. The molecule has 122 valence electrons. The highest BCUT2D eigenvalue weighted by atomic mass is 79.9. The second-order valence-electron chi connectivity index (χ2n) is 8.17. The largest absolute Gasteiger partial charge is 0.467 e. The predicted molar refractivity (Wildman–Crippen MR) is 84.8 cm³/mol. The molecule has 0 aromatic carbocycles. The van der Waals surface area contributed by atoms with Gasteiger partial charge in [0.15, 0.2) is 0 Å². The molecule has 2 saturated heterocycles. The number of epoxide rings is 1. The molecule has 0 aromatic rings. The summed E-state index contributed by atoms with van der Waals surface area (Å²) in [6.45, 7) is 8.80. The van der Waals surface area contributed by atoms with Gasteiger partial charge in [0, 0.05) is 23.1 Å². The zero-order valence-corrected chi connectivity index (χ0v) is 15.3. The molecule has 2 heterocycles. The van der Waals surface area contributed by atoms with E-state index in [1.54, 1.807) is 0 Å². The lowest BCUT2D eigenvalue weighted by Crippen LogP contribution is -2.60. The lowest BCUT2D eigenvalue weighted by Gasteiger charge is -2.53. The van der Waals surface area contributed by atoms with Gasteiger partial charge in [-0.2, -0.15) is 0 Å². The van der Waals surface area contributed by atoms with Crippen LogP contribution in [0.25, 0.3) is 0 Å². The summed E-state index contributed by atoms with van der Waals surface area (Å²) in [5.74, 6) is 0.0338. The monoisotopic (exact) mass is 370 g/mol. The van der Waals surface area contributed by atoms with Gasteiger partial charge in [-0.25, -0.2) is 4.79 Å². The van der Waals surface area contributed by atoms with Crippen molar-refractivity contribution in [2.75, 3.05) is 12.4 Å². The molecule has 22 heavy (non-hydrogen) atoms. The molecule has 4 unspecified atom stereocenters. The van der Waals surface area contributed by atoms with Crippen LogP contribution in [-0.4, -0.2) is 41.3 Å². The Kier molecular flexibility index (Phi) is 2.62. The molecule has 0 amide bonds. The molecule has 6 atom stereocenters. The Hall–Kier alpha value is -0.390. The molecule has 2 aliphatic carbocycles. The summed E-state index contributed by atoms with van der Waals surface area (Å²) < 4.78 is 17.7. The average Bonchev–Trinajstić information content (AvgIpc) is 3.12. The molecule has 1 spiro atoms. The van der Waals surface area contributed by atoms with Crippen LogP contribution in [0.3, 0.4) is 0 Å². The summed E-state index contributed by atoms with van der Waals surface area (Å²) in [6, 6.07) is 0. The van der Waals surface area contributed by atoms with E-state index >= 15 is 0 Å². The Morgan fingerprint density at radius 3 is 2.64 bits per heavy atom. The number of ether oxygens (including phenoxy) is 3. The van der Waals surface area contributed by atoms with Gasteiger partial charge < -0.3 is 14.2 Å². The number of methoxy groups -OCH3 is 1. The van der Waals surface area contributed by atoms with Gasteiger partial charge in [-0.15, -0.1) is 0 Å². The SMILES string of the molecule is COC(=O)[C@@]12O[C@@H]1CC13OC(C)(CBr)C(C=CC12C)C3(C)C. The van der Waals surface area contributed by atoms with Crippen LogP contribution in [0.1, 0.15) is 34.1 Å². The first-order valence-electron chi connectivity index (χ1n) is 7.87. The molecule has 3 fully saturated rings. The number of alkyl halides is 1. The summed E-state index contributed by atoms with van der Waals surface area (Å²) in [5.41, 5.74) is -2.13. The molecule has 4 rings (SSSR count). The maximum atomic E-state index is 12.5. The predicted octanol–water partition coefficient (Wildman–Crippen LogP) is 2.84. The summed E-state index contributed by atoms with van der Waals surface area (Å²) in [5, 5.41) is 0.771. The fourth-order valence-corrected chi connectivity index (χ4v) is 6.40. The van der Waals surface area contributed by atoms with Gasteiger partial charge in [0.25, 0.3) is 0 Å². The van der Waals surface area contributed by atoms with Crippen LogP contribution in [0.15, 0.2) is 12.2 Å². The quantitative estimate of drug-likeness (QED) is 0.324. The molecule has 0 aromatic heterocycles. The highest BCUT2D eigenvalue weighted by molar-refractivity contribution is 9.09. The van der Waals surface area contributed by atoms with E-state index in [0.717, 1.165) is 11.8 Å². The van der Waals surface area contributed by atoms with Crippen molar-refractivity contribution in [3.63, 3.8) is 0 Å². The molecule has 0 N–H and O–H groups in total. The standard InChI is InChI=1S/C17H23BrO4/c1-13(2)10-6-7-15(4)16(13,22-14(10,3)9-18)8-11-17(15,21-11)12(19)20-5/h6-7,10-11H,8-9H2,1-5H3/t10?,11-,14?,15?,16?,17+/m1/s1. The van der Waals surface area contributed by atoms with Crippen molar-refractivity contribution in [3.8, 4) is 0 Å². The van der Waals surface area contributed by atoms with E-state index in [1.165, 1.54) is 7.11 Å². The minimum absolute atomic E-state index is 0.0726. The van der Waals surface area contributed by atoms with Crippen LogP contribution in [0, 0.1) is 16.7 Å². The summed E-state index contributed by atoms with van der Waals surface area (Å²) in [7, 11) is 1.43. The van der Waals surface area contributed by atoms with Gasteiger partial charge >= 0.3 is 5.97 Å². The number of hydrogen-bond acceptors (Lipinski definition) is 4. The Labute approximate surface area is 139 Å². The summed E-state index contributed by atoms with van der Waals surface area (Å²) >= 11 is 3.63. The number of rotatable bonds is 2. The van der Waals surface area contributed by atoms with Crippen LogP contribution >= 0.6 is 15.9 Å². The van der Waals surface area contributed by atoms with Gasteiger partial charge in [0.05, 0.1) is 23.7 Å². The maximum Gasteiger partial charge on any atom is 0.341 e. The van der Waals surface area contributed by atoms with Crippen LogP contribution < -0.4 is 0 Å². The second kappa shape index (κ2) is 3.81. The topological polar surface area (TPSA) is 48.1 Å². The first kappa shape index (κ1) is 15.2. The summed E-state index contributed by atoms with van der Waals surface area (Å²) in [4.78, 5) is 12.5. The Morgan fingerprint density at radius 1 is 1.36 bits per heavy atom. The molecule has 4 aliphatic rings. The maximum absolute atomic E-state index is 12.5. The van der Waals surface area contributed by atoms with Crippen LogP contribution in [-0.2, 0) is 19.0 Å². The molecular weight excluding hydrogens is 348 g/mol. The molecule has 5 heteroatoms. The van der Waals surface area contributed by atoms with E-state index in [2.05, 4.69) is 55.8 Å². The third kappa shape index (κ3) is 1.19. The van der Waals surface area contributed by atoms with Crippen molar-refractivity contribution in [1.29, 1.82) is 0 Å². The van der Waals surface area contributed by atoms with Gasteiger partial charge in [0.2, 0.25) is 5.60 Å². The Morgan fingerprint density at radius 2 is 2.05 bits per heavy atom. The minimum Gasteiger partial charge on any atom is -0.467 e. The number of halogens is 1. The van der Waals surface area contributed by atoms with Crippen LogP contribution in [0.2, 0.25) is 0 Å². The summed E-state index contributed by atoms with van der Waals surface area (Å²) in [6.07, 6.45) is 5.04. The highest BCUT2D eigenvalue weighted by Gasteiger charge is 2.90. The molecule has 1 saturated carbocycles. The number of fused-ring (bicyclic) bond motifs is 3. The van der Waals surface area contributed by atoms with Gasteiger partial charge in [-0.1, -0.05) is 41.9 Å². The lowest BCUT2D eigenvalue weighted by molar-refractivity contribution is -0.192. The van der Waals surface area contributed by atoms with Crippen LogP contribution in [0.5, 0.6) is 0 Å². The first-order valence-corrected chi connectivity index (χ1v) is 8.99. The molecule has 4 nitrogen and oxygen atoms in total. The number of hydrogen-bond donors (Lipinski definition) is 0. The van der Waals surface area contributed by atoms with Crippen molar-refractivity contribution >= 4 is 21.9 Å². The van der Waals surface area contributed by atoms with E-state index < -0.39 is 16.6 Å². The van der Waals surface area contributed by atoms with Gasteiger partial charge in [-0.05, 0) is 13.8 Å². The smallest absolute Gasteiger partial charge is 0.341 e. The van der Waals surface area contributed by atoms with E-state index in [9.17, 15) is 4.79 Å². The third-order valence-corrected chi connectivity index (χ3v) is 8.18. The zero-order valence-electron chi connectivity index (χ0n) is 13.7. The normalized spacial score (nSPS) is 56.5. The van der Waals surface area contributed by atoms with Crippen LogP contribution in [0.4, 0.5) is 0 Å². The Balaban J connectivity index is 1.92. The number of carbonyl (C=O) groups excluding carboxylic acids is 1. The fourth-order valence-electron chi connectivity index (χ4n) is 5.94. The minimum atomic E-state index is -0.877. The highest BCUT2D eigenvalue weighted by Crippen LogP contribution is 2.78. The first-order chi connectivity index (χ1) is 10.2.